The zero-order valence-electron chi connectivity index (χ0n) is 10.8. The quantitative estimate of drug-likeness (QED) is 0.642. The van der Waals surface area contributed by atoms with Crippen molar-refractivity contribution in [1.82, 2.24) is 9.97 Å². The smallest absolute Gasteiger partial charge is 0.322 e. The maximum atomic E-state index is 7.33. The molecule has 0 spiro atoms. The fourth-order valence-electron chi connectivity index (χ4n) is 1.47. The van der Waals surface area contributed by atoms with E-state index in [-0.39, 0.29) is 11.8 Å². The zero-order chi connectivity index (χ0) is 13.8. The molecule has 0 aliphatic rings. The number of anilines is 1. The van der Waals surface area contributed by atoms with Crippen molar-refractivity contribution in [1.29, 1.82) is 5.41 Å². The number of benzene rings is 1. The summed E-state index contributed by atoms with van der Waals surface area (Å²) in [5.41, 5.74) is 6.73. The molecular weight excluding hydrogens is 242 g/mol. The van der Waals surface area contributed by atoms with E-state index >= 15 is 0 Å². The van der Waals surface area contributed by atoms with Crippen molar-refractivity contribution in [2.24, 2.45) is 5.73 Å². The Morgan fingerprint density at radius 3 is 2.79 bits per heavy atom. The Balaban J connectivity index is 2.23. The van der Waals surface area contributed by atoms with Gasteiger partial charge in [0.2, 0.25) is 0 Å². The van der Waals surface area contributed by atoms with E-state index < -0.39 is 0 Å². The first-order valence-corrected chi connectivity index (χ1v) is 5.69. The van der Waals surface area contributed by atoms with Gasteiger partial charge in [0.05, 0.1) is 0 Å². The molecule has 2 aromatic rings. The van der Waals surface area contributed by atoms with Crippen LogP contribution in [0.4, 0.5) is 5.69 Å². The van der Waals surface area contributed by atoms with Gasteiger partial charge in [-0.3, -0.25) is 5.41 Å². The lowest BCUT2D eigenvalue weighted by Crippen LogP contribution is -2.13. The maximum Gasteiger partial charge on any atom is 0.322 e. The predicted molar refractivity (Wildman–Crippen MR) is 73.9 cm³/mol. The van der Waals surface area contributed by atoms with Crippen molar-refractivity contribution in [3.8, 4) is 11.8 Å². The first-order valence-electron chi connectivity index (χ1n) is 5.69. The van der Waals surface area contributed by atoms with Crippen LogP contribution in [-0.4, -0.2) is 29.9 Å². The van der Waals surface area contributed by atoms with Gasteiger partial charge in [0.15, 0.2) is 0 Å². The molecule has 6 heteroatoms. The van der Waals surface area contributed by atoms with Crippen molar-refractivity contribution in [3.63, 3.8) is 0 Å². The highest BCUT2D eigenvalue weighted by atomic mass is 16.5. The van der Waals surface area contributed by atoms with E-state index in [0.717, 1.165) is 5.69 Å². The summed E-state index contributed by atoms with van der Waals surface area (Å²) in [6.07, 6.45) is 1.51. The van der Waals surface area contributed by atoms with E-state index in [2.05, 4.69) is 9.97 Å². The second-order valence-electron chi connectivity index (χ2n) is 4.13. The first-order chi connectivity index (χ1) is 9.06. The number of nitrogens with two attached hydrogens (primary N) is 1. The summed E-state index contributed by atoms with van der Waals surface area (Å²) in [6.45, 7) is 0. The standard InChI is InChI=1S/C13H15N5O/c1-18(2)9-4-3-5-10(8-9)19-13-16-7-6-11(17-13)12(14)15/h3-8H,1-2H3,(H3,14,15). The molecule has 19 heavy (non-hydrogen) atoms. The molecule has 3 N–H and O–H groups in total. The Morgan fingerprint density at radius 2 is 2.11 bits per heavy atom. The van der Waals surface area contributed by atoms with Gasteiger partial charge in [-0.05, 0) is 18.2 Å². The van der Waals surface area contributed by atoms with Crippen molar-refractivity contribution < 1.29 is 4.74 Å². The van der Waals surface area contributed by atoms with Crippen LogP contribution < -0.4 is 15.4 Å². The third kappa shape index (κ3) is 3.19. The molecule has 0 atom stereocenters. The van der Waals surface area contributed by atoms with E-state index in [9.17, 15) is 0 Å². The van der Waals surface area contributed by atoms with Gasteiger partial charge in [0.25, 0.3) is 0 Å². The average Bonchev–Trinajstić information content (AvgIpc) is 2.39. The molecule has 2 rings (SSSR count). The highest BCUT2D eigenvalue weighted by molar-refractivity contribution is 5.92. The number of ether oxygens (including phenoxy) is 1. The minimum absolute atomic E-state index is 0.116. The van der Waals surface area contributed by atoms with E-state index in [1.54, 1.807) is 6.07 Å². The summed E-state index contributed by atoms with van der Waals surface area (Å²) in [4.78, 5) is 10.0. The fourth-order valence-corrected chi connectivity index (χ4v) is 1.47. The molecule has 1 aromatic heterocycles. The lowest BCUT2D eigenvalue weighted by Gasteiger charge is -2.13. The van der Waals surface area contributed by atoms with E-state index in [0.29, 0.717) is 11.4 Å². The molecule has 0 saturated heterocycles. The summed E-state index contributed by atoms with van der Waals surface area (Å²) in [7, 11) is 3.90. The van der Waals surface area contributed by atoms with E-state index in [1.165, 1.54) is 6.20 Å². The summed E-state index contributed by atoms with van der Waals surface area (Å²) in [5.74, 6) is 0.515. The SMILES string of the molecule is CN(C)c1cccc(Oc2nccc(C(=N)N)n2)c1. The lowest BCUT2D eigenvalue weighted by atomic mass is 10.3. The van der Waals surface area contributed by atoms with Gasteiger partial charge in [-0.25, -0.2) is 4.98 Å². The van der Waals surface area contributed by atoms with Gasteiger partial charge < -0.3 is 15.4 Å². The van der Waals surface area contributed by atoms with Crippen molar-refractivity contribution in [2.45, 2.75) is 0 Å². The molecule has 0 radical (unpaired) electrons. The van der Waals surface area contributed by atoms with Gasteiger partial charge in [-0.15, -0.1) is 0 Å². The molecule has 1 heterocycles. The topological polar surface area (TPSA) is 88.1 Å². The number of hydrogen-bond donors (Lipinski definition) is 2. The number of rotatable bonds is 4. The molecule has 0 aliphatic heterocycles. The number of amidine groups is 1. The summed E-state index contributed by atoms with van der Waals surface area (Å²) >= 11 is 0. The van der Waals surface area contributed by atoms with Crippen molar-refractivity contribution >= 4 is 11.5 Å². The normalized spacial score (nSPS) is 10.0. The van der Waals surface area contributed by atoms with Crippen LogP contribution >= 0.6 is 0 Å². The first kappa shape index (κ1) is 12.8. The van der Waals surface area contributed by atoms with Crippen LogP contribution in [0.15, 0.2) is 36.5 Å². The third-order valence-electron chi connectivity index (χ3n) is 2.45. The number of aromatic nitrogens is 2. The largest absolute Gasteiger partial charge is 0.424 e. The number of nitrogens with one attached hydrogen (secondary N) is 1. The Morgan fingerprint density at radius 1 is 1.32 bits per heavy atom. The van der Waals surface area contributed by atoms with Crippen LogP contribution in [0.3, 0.4) is 0 Å². The van der Waals surface area contributed by atoms with Crippen LogP contribution in [0.25, 0.3) is 0 Å². The molecule has 0 saturated carbocycles. The highest BCUT2D eigenvalue weighted by Crippen LogP contribution is 2.22. The second kappa shape index (κ2) is 5.34. The van der Waals surface area contributed by atoms with E-state index in [4.69, 9.17) is 15.9 Å². The fraction of sp³-hybridized carbons (Fsp3) is 0.154. The predicted octanol–water partition coefficient (Wildman–Crippen LogP) is 1.62. The Hall–Kier alpha value is -2.63. The minimum Gasteiger partial charge on any atom is -0.424 e. The second-order valence-corrected chi connectivity index (χ2v) is 4.13. The Kier molecular flexibility index (Phi) is 3.61. The van der Waals surface area contributed by atoms with Gasteiger partial charge in [-0.2, -0.15) is 4.98 Å². The summed E-state index contributed by atoms with van der Waals surface area (Å²) < 4.78 is 5.56. The highest BCUT2D eigenvalue weighted by Gasteiger charge is 2.05. The van der Waals surface area contributed by atoms with Crippen LogP contribution in [0.5, 0.6) is 11.8 Å². The van der Waals surface area contributed by atoms with Gasteiger partial charge in [0, 0.05) is 32.0 Å². The number of nitrogens with zero attached hydrogens (tertiary/aromatic N) is 3. The molecule has 0 aliphatic carbocycles. The molecule has 1 aromatic carbocycles. The molecule has 0 amide bonds. The van der Waals surface area contributed by atoms with Gasteiger partial charge in [-0.1, -0.05) is 6.07 Å². The lowest BCUT2D eigenvalue weighted by molar-refractivity contribution is 0.441. The van der Waals surface area contributed by atoms with Crippen LogP contribution in [0, 0.1) is 5.41 Å². The Bertz CT molecular complexity index is 597. The van der Waals surface area contributed by atoms with Crippen LogP contribution in [-0.2, 0) is 0 Å². The summed E-state index contributed by atoms with van der Waals surface area (Å²) in [6, 6.07) is 9.29. The number of hydrogen-bond acceptors (Lipinski definition) is 5. The molecular formula is C13H15N5O. The zero-order valence-corrected chi connectivity index (χ0v) is 10.8. The molecule has 98 valence electrons. The average molecular weight is 257 g/mol. The molecule has 0 fully saturated rings. The minimum atomic E-state index is -0.116. The Labute approximate surface area is 111 Å². The maximum absolute atomic E-state index is 7.33. The van der Waals surface area contributed by atoms with Gasteiger partial charge in [0.1, 0.15) is 17.3 Å². The molecule has 6 nitrogen and oxygen atoms in total. The molecule has 0 unspecified atom stereocenters. The third-order valence-corrected chi connectivity index (χ3v) is 2.45. The van der Waals surface area contributed by atoms with E-state index in [1.807, 2.05) is 43.3 Å². The van der Waals surface area contributed by atoms with Crippen molar-refractivity contribution in [2.75, 3.05) is 19.0 Å². The monoisotopic (exact) mass is 257 g/mol. The number of nitrogen functional groups attached to an aromatic ring is 1. The van der Waals surface area contributed by atoms with Crippen molar-refractivity contribution in [3.05, 3.63) is 42.2 Å². The summed E-state index contributed by atoms with van der Waals surface area (Å²) in [5, 5.41) is 7.33. The van der Waals surface area contributed by atoms with Crippen LogP contribution in [0.2, 0.25) is 0 Å². The van der Waals surface area contributed by atoms with Gasteiger partial charge >= 0.3 is 6.01 Å². The molecule has 0 bridgehead atoms. The van der Waals surface area contributed by atoms with Crippen LogP contribution in [0.1, 0.15) is 5.69 Å².